The number of benzene rings is 2. The number of carboxylic acid groups (broad SMARTS) is 2. The van der Waals surface area contributed by atoms with Crippen molar-refractivity contribution in [1.29, 1.82) is 0 Å². The van der Waals surface area contributed by atoms with E-state index in [4.69, 9.17) is 10.5 Å². The summed E-state index contributed by atoms with van der Waals surface area (Å²) < 4.78 is 43.9. The number of pyridine rings is 1. The zero-order valence-electron chi connectivity index (χ0n) is 16.5. The number of aromatic nitrogens is 1. The molecule has 0 saturated carbocycles. The van der Waals surface area contributed by atoms with Gasteiger partial charge < -0.3 is 25.7 Å². The molecule has 5 N–H and O–H groups in total. The molecule has 34 heavy (non-hydrogen) atoms. The van der Waals surface area contributed by atoms with Crippen molar-refractivity contribution < 1.29 is 42.6 Å². The zero-order chi connectivity index (χ0) is 25.4. The van der Waals surface area contributed by atoms with E-state index in [1.165, 1.54) is 0 Å². The SMILES string of the molecule is Nc1[nH]c(=O)c(C(=O)O)c(-c2cc([N+](=O)[O-])ccc2Oc2ccc(C(F)(F)F)cc2)c1C(=O)O. The number of nitrogens with two attached hydrogens (primary N) is 1. The van der Waals surface area contributed by atoms with E-state index < -0.39 is 67.9 Å². The van der Waals surface area contributed by atoms with E-state index >= 15 is 0 Å². The Bertz CT molecular complexity index is 1380. The van der Waals surface area contributed by atoms with Crippen molar-refractivity contribution in [2.75, 3.05) is 5.73 Å². The average Bonchev–Trinajstić information content (AvgIpc) is 2.72. The number of H-pyrrole nitrogens is 1. The number of nitro groups is 1. The molecule has 0 aliphatic rings. The molecule has 0 saturated heterocycles. The number of nitrogens with zero attached hydrogens (tertiary/aromatic N) is 1. The summed E-state index contributed by atoms with van der Waals surface area (Å²) >= 11 is 0. The van der Waals surface area contributed by atoms with Crippen LogP contribution in [0.4, 0.5) is 24.7 Å². The molecule has 1 heterocycles. The Kier molecular flexibility index (Phi) is 5.99. The summed E-state index contributed by atoms with van der Waals surface area (Å²) in [6, 6.07) is 5.90. The topological polar surface area (TPSA) is 186 Å². The molecular weight excluding hydrogens is 467 g/mol. The van der Waals surface area contributed by atoms with Crippen molar-refractivity contribution in [3.8, 4) is 22.6 Å². The van der Waals surface area contributed by atoms with Gasteiger partial charge in [0.05, 0.1) is 10.5 Å². The van der Waals surface area contributed by atoms with Gasteiger partial charge in [-0.1, -0.05) is 0 Å². The summed E-state index contributed by atoms with van der Waals surface area (Å²) in [6.07, 6.45) is -4.63. The molecule has 1 aromatic heterocycles. The van der Waals surface area contributed by atoms with Gasteiger partial charge in [0.15, 0.2) is 0 Å². The Morgan fingerprint density at radius 1 is 1.03 bits per heavy atom. The maximum atomic E-state index is 12.8. The predicted molar refractivity (Wildman–Crippen MR) is 109 cm³/mol. The fourth-order valence-corrected chi connectivity index (χ4v) is 3.07. The van der Waals surface area contributed by atoms with E-state index in [-0.39, 0.29) is 11.5 Å². The van der Waals surface area contributed by atoms with Gasteiger partial charge in [-0.15, -0.1) is 0 Å². The number of rotatable bonds is 6. The van der Waals surface area contributed by atoms with Gasteiger partial charge in [0, 0.05) is 23.3 Å². The molecule has 0 atom stereocenters. The number of hydrogen-bond donors (Lipinski definition) is 4. The van der Waals surface area contributed by atoms with Crippen LogP contribution in [-0.2, 0) is 6.18 Å². The quantitative estimate of drug-likeness (QED) is 0.302. The molecule has 0 bridgehead atoms. The third kappa shape index (κ3) is 4.50. The highest BCUT2D eigenvalue weighted by Gasteiger charge is 2.31. The molecule has 2 aromatic carbocycles. The minimum absolute atomic E-state index is 0.199. The van der Waals surface area contributed by atoms with Gasteiger partial charge >= 0.3 is 18.1 Å². The lowest BCUT2D eigenvalue weighted by Gasteiger charge is -2.16. The number of alkyl halides is 3. The summed E-state index contributed by atoms with van der Waals surface area (Å²) in [5.41, 5.74) is -0.605. The number of ether oxygens (including phenoxy) is 1. The fraction of sp³-hybridized carbons (Fsp3) is 0.0500. The molecule has 0 amide bonds. The molecule has 0 aliphatic carbocycles. The van der Waals surface area contributed by atoms with Gasteiger partial charge in [0.1, 0.15) is 28.4 Å². The second-order valence-corrected chi connectivity index (χ2v) is 6.66. The third-order valence-electron chi connectivity index (χ3n) is 4.53. The maximum absolute atomic E-state index is 12.8. The Hall–Kier alpha value is -4.88. The minimum atomic E-state index is -4.63. The van der Waals surface area contributed by atoms with Crippen LogP contribution in [0.25, 0.3) is 11.1 Å². The largest absolute Gasteiger partial charge is 0.478 e. The van der Waals surface area contributed by atoms with Crippen molar-refractivity contribution >= 4 is 23.4 Å². The average molecular weight is 479 g/mol. The number of nitrogen functional groups attached to an aromatic ring is 1. The third-order valence-corrected chi connectivity index (χ3v) is 4.53. The Labute approximate surface area is 186 Å². The van der Waals surface area contributed by atoms with E-state index in [0.717, 1.165) is 30.3 Å². The lowest BCUT2D eigenvalue weighted by Crippen LogP contribution is -2.24. The van der Waals surface area contributed by atoms with Crippen LogP contribution in [0.2, 0.25) is 0 Å². The van der Waals surface area contributed by atoms with Gasteiger partial charge in [-0.25, -0.2) is 9.59 Å². The number of anilines is 1. The highest BCUT2D eigenvalue weighted by atomic mass is 19.4. The van der Waals surface area contributed by atoms with Crippen LogP contribution >= 0.6 is 0 Å². The van der Waals surface area contributed by atoms with Gasteiger partial charge in [0.25, 0.3) is 11.2 Å². The van der Waals surface area contributed by atoms with Crippen LogP contribution in [0, 0.1) is 10.1 Å². The van der Waals surface area contributed by atoms with Crippen molar-refractivity contribution in [2.45, 2.75) is 6.18 Å². The highest BCUT2D eigenvalue weighted by Crippen LogP contribution is 2.40. The van der Waals surface area contributed by atoms with Crippen molar-refractivity contribution in [3.63, 3.8) is 0 Å². The van der Waals surface area contributed by atoms with Crippen LogP contribution in [0.3, 0.4) is 0 Å². The van der Waals surface area contributed by atoms with Crippen molar-refractivity contribution in [3.05, 3.63) is 79.6 Å². The first-order valence-corrected chi connectivity index (χ1v) is 8.97. The van der Waals surface area contributed by atoms with Crippen LogP contribution in [-0.4, -0.2) is 32.1 Å². The number of carbonyl (C=O) groups is 2. The van der Waals surface area contributed by atoms with E-state index in [2.05, 4.69) is 0 Å². The number of aromatic amines is 1. The van der Waals surface area contributed by atoms with Gasteiger partial charge in [-0.3, -0.25) is 14.9 Å². The first kappa shape index (κ1) is 23.8. The summed E-state index contributed by atoms with van der Waals surface area (Å²) in [5.74, 6) is -4.96. The number of aromatic carboxylic acids is 2. The van der Waals surface area contributed by atoms with Crippen molar-refractivity contribution in [2.24, 2.45) is 0 Å². The Balaban J connectivity index is 2.32. The Morgan fingerprint density at radius 2 is 1.62 bits per heavy atom. The van der Waals surface area contributed by atoms with Crippen LogP contribution in [0.1, 0.15) is 26.3 Å². The molecule has 0 spiro atoms. The fourth-order valence-electron chi connectivity index (χ4n) is 3.07. The van der Waals surface area contributed by atoms with Crippen LogP contribution in [0.15, 0.2) is 47.3 Å². The standard InChI is InChI=1S/C20H12F3N3O8/c21-20(22,23)8-1-4-10(5-2-8)34-12-6-3-9(26(32)33)7-11(12)13-14(18(28)29)16(24)25-17(27)15(13)19(30)31/h1-7H,(H,28,29)(H,30,31)(H3,24,25,27). The number of nitro benzene ring substituents is 1. The lowest BCUT2D eigenvalue weighted by atomic mass is 9.94. The molecule has 14 heteroatoms. The summed E-state index contributed by atoms with van der Waals surface area (Å²) in [6.45, 7) is 0. The van der Waals surface area contributed by atoms with E-state index in [1.807, 2.05) is 4.98 Å². The first-order valence-electron chi connectivity index (χ1n) is 8.97. The maximum Gasteiger partial charge on any atom is 0.416 e. The van der Waals surface area contributed by atoms with E-state index in [1.54, 1.807) is 0 Å². The number of carboxylic acids is 2. The normalized spacial score (nSPS) is 11.1. The predicted octanol–water partition coefficient (Wildman–Crippen LogP) is 3.74. The van der Waals surface area contributed by atoms with Crippen LogP contribution < -0.4 is 16.0 Å². The molecule has 0 fully saturated rings. The van der Waals surface area contributed by atoms with Crippen molar-refractivity contribution in [1.82, 2.24) is 4.98 Å². The summed E-state index contributed by atoms with van der Waals surface area (Å²) in [4.78, 5) is 48.2. The van der Waals surface area contributed by atoms with Gasteiger partial charge in [-0.05, 0) is 30.3 Å². The van der Waals surface area contributed by atoms with E-state index in [9.17, 15) is 47.9 Å². The zero-order valence-corrected chi connectivity index (χ0v) is 16.5. The second-order valence-electron chi connectivity index (χ2n) is 6.66. The smallest absolute Gasteiger partial charge is 0.416 e. The highest BCUT2D eigenvalue weighted by molar-refractivity contribution is 6.08. The molecule has 3 rings (SSSR count). The minimum Gasteiger partial charge on any atom is -0.478 e. The molecule has 0 unspecified atom stereocenters. The van der Waals surface area contributed by atoms with Gasteiger partial charge in [0.2, 0.25) is 0 Å². The molecular formula is C20H12F3N3O8. The second kappa shape index (κ2) is 8.57. The number of hydrogen-bond acceptors (Lipinski definition) is 7. The molecule has 0 aliphatic heterocycles. The number of halogens is 3. The monoisotopic (exact) mass is 479 g/mol. The summed E-state index contributed by atoms with van der Waals surface area (Å²) in [5, 5.41) is 30.4. The van der Waals surface area contributed by atoms with Gasteiger partial charge in [-0.2, -0.15) is 13.2 Å². The molecule has 3 aromatic rings. The first-order chi connectivity index (χ1) is 15.8. The number of non-ortho nitro benzene ring substituents is 1. The molecule has 11 nitrogen and oxygen atoms in total. The molecule has 176 valence electrons. The molecule has 0 radical (unpaired) electrons. The number of nitrogens with one attached hydrogen (secondary N) is 1. The Morgan fingerprint density at radius 3 is 2.12 bits per heavy atom. The summed E-state index contributed by atoms with van der Waals surface area (Å²) in [7, 11) is 0. The van der Waals surface area contributed by atoms with E-state index in [0.29, 0.717) is 12.1 Å². The van der Waals surface area contributed by atoms with Crippen LogP contribution in [0.5, 0.6) is 11.5 Å². The lowest BCUT2D eigenvalue weighted by molar-refractivity contribution is -0.384.